The number of hydrogen-bond donors (Lipinski definition) is 1. The van der Waals surface area contributed by atoms with Crippen molar-refractivity contribution in [1.82, 2.24) is 10.3 Å². The molecule has 2 heterocycles. The number of ether oxygens (including phenoxy) is 1. The van der Waals surface area contributed by atoms with Gasteiger partial charge in [0.2, 0.25) is 5.88 Å². The van der Waals surface area contributed by atoms with E-state index in [1.807, 2.05) is 42.5 Å². The number of nitriles is 1. The van der Waals surface area contributed by atoms with Crippen LogP contribution in [0.3, 0.4) is 0 Å². The summed E-state index contributed by atoms with van der Waals surface area (Å²) < 4.78 is 44.1. The van der Waals surface area contributed by atoms with Crippen LogP contribution in [0, 0.1) is 11.3 Å². The van der Waals surface area contributed by atoms with E-state index >= 15 is 0 Å². The monoisotopic (exact) mass is 494 g/mol. The lowest BCUT2D eigenvalue weighted by molar-refractivity contribution is -0.138. The molecule has 0 bridgehead atoms. The number of anilines is 1. The summed E-state index contributed by atoms with van der Waals surface area (Å²) in [6.07, 6.45) is -3.31. The summed E-state index contributed by atoms with van der Waals surface area (Å²) in [7, 11) is 0. The van der Waals surface area contributed by atoms with Crippen LogP contribution in [-0.2, 0) is 23.9 Å². The maximum absolute atomic E-state index is 13.1. The van der Waals surface area contributed by atoms with Crippen LogP contribution in [0.25, 0.3) is 0 Å². The smallest absolute Gasteiger partial charge is 0.417 e. The number of nitrogens with one attached hydrogen (secondary N) is 1. The van der Waals surface area contributed by atoms with Gasteiger partial charge in [-0.15, -0.1) is 0 Å². The molecule has 0 saturated heterocycles. The molecule has 0 spiro atoms. The summed E-state index contributed by atoms with van der Waals surface area (Å²) in [6.45, 7) is 4.23. The Morgan fingerprint density at radius 1 is 1.17 bits per heavy atom. The number of halogens is 3. The van der Waals surface area contributed by atoms with E-state index in [4.69, 9.17) is 4.74 Å². The molecule has 1 aliphatic rings. The Hall–Kier alpha value is -4.06. The predicted molar refractivity (Wildman–Crippen MR) is 128 cm³/mol. The first-order valence-corrected chi connectivity index (χ1v) is 11.4. The van der Waals surface area contributed by atoms with Gasteiger partial charge in [-0.3, -0.25) is 4.79 Å². The highest BCUT2D eigenvalue weighted by molar-refractivity contribution is 5.85. The van der Waals surface area contributed by atoms with Crippen LogP contribution in [0.1, 0.15) is 36.1 Å². The minimum absolute atomic E-state index is 0.0819. The maximum Gasteiger partial charge on any atom is 0.417 e. The molecule has 1 atom stereocenters. The summed E-state index contributed by atoms with van der Waals surface area (Å²) in [5.74, 6) is -0.504. The second-order valence-corrected chi connectivity index (χ2v) is 9.19. The molecule has 0 fully saturated rings. The number of carbonyl (C=O) groups is 1. The zero-order valence-electron chi connectivity index (χ0n) is 19.8. The van der Waals surface area contributed by atoms with Crippen LogP contribution in [0.5, 0.6) is 5.88 Å². The average Bonchev–Trinajstić information content (AvgIpc) is 2.83. The first kappa shape index (κ1) is 25.0. The van der Waals surface area contributed by atoms with Crippen molar-refractivity contribution in [3.05, 3.63) is 89.1 Å². The fourth-order valence-electron chi connectivity index (χ4n) is 4.15. The van der Waals surface area contributed by atoms with Crippen molar-refractivity contribution in [2.24, 2.45) is 0 Å². The number of alkyl halides is 3. The number of amides is 1. The van der Waals surface area contributed by atoms with Gasteiger partial charge in [-0.25, -0.2) is 4.98 Å². The van der Waals surface area contributed by atoms with Gasteiger partial charge in [-0.1, -0.05) is 30.3 Å². The summed E-state index contributed by atoms with van der Waals surface area (Å²) >= 11 is 0. The highest BCUT2D eigenvalue weighted by Gasteiger charge is 2.35. The lowest BCUT2D eigenvalue weighted by Crippen LogP contribution is -2.55. The van der Waals surface area contributed by atoms with E-state index in [0.717, 1.165) is 28.9 Å². The third-order valence-corrected chi connectivity index (χ3v) is 5.98. The fraction of sp³-hybridized carbons (Fsp3) is 0.296. The van der Waals surface area contributed by atoms with Crippen LogP contribution in [0.15, 0.2) is 66.9 Å². The molecular weight excluding hydrogens is 469 g/mol. The molecular formula is C27H25F3N4O2. The first-order valence-electron chi connectivity index (χ1n) is 11.4. The number of nitrogens with zero attached hydrogens (tertiary/aromatic N) is 3. The van der Waals surface area contributed by atoms with Gasteiger partial charge in [0.1, 0.15) is 0 Å². The van der Waals surface area contributed by atoms with Gasteiger partial charge >= 0.3 is 6.18 Å². The van der Waals surface area contributed by atoms with Crippen LogP contribution in [0.4, 0.5) is 18.9 Å². The minimum Gasteiger partial charge on any atom is -0.462 e. The molecule has 1 unspecified atom stereocenters. The van der Waals surface area contributed by atoms with E-state index in [1.54, 1.807) is 6.07 Å². The predicted octanol–water partition coefficient (Wildman–Crippen LogP) is 4.88. The Bertz CT molecular complexity index is 1270. The zero-order chi connectivity index (χ0) is 25.9. The van der Waals surface area contributed by atoms with Crippen molar-refractivity contribution in [1.29, 1.82) is 5.26 Å². The van der Waals surface area contributed by atoms with Crippen molar-refractivity contribution in [3.8, 4) is 11.9 Å². The van der Waals surface area contributed by atoms with Crippen LogP contribution in [-0.4, -0.2) is 29.1 Å². The van der Waals surface area contributed by atoms with E-state index in [1.165, 1.54) is 13.8 Å². The third kappa shape index (κ3) is 5.77. The molecule has 9 heteroatoms. The normalized spacial score (nSPS) is 15.6. The highest BCUT2D eigenvalue weighted by atomic mass is 19.4. The number of rotatable bonds is 6. The molecule has 0 radical (unpaired) electrons. The van der Waals surface area contributed by atoms with Crippen molar-refractivity contribution in [2.75, 3.05) is 11.4 Å². The van der Waals surface area contributed by atoms with Crippen molar-refractivity contribution >= 4 is 11.6 Å². The lowest BCUT2D eigenvalue weighted by Gasteiger charge is -2.38. The number of hydrogen-bond acceptors (Lipinski definition) is 5. The second kappa shape index (κ2) is 9.90. The molecule has 2 aromatic carbocycles. The molecule has 1 amide bonds. The zero-order valence-corrected chi connectivity index (χ0v) is 19.8. The maximum atomic E-state index is 13.1. The molecule has 0 saturated carbocycles. The van der Waals surface area contributed by atoms with Crippen LogP contribution in [0.2, 0.25) is 0 Å². The summed E-state index contributed by atoms with van der Waals surface area (Å²) in [5, 5.41) is 12.4. The number of benzene rings is 2. The SMILES string of the molecule is CC(C)(Oc1ccc(C(F)(F)F)cn1)C(=O)NC1Cc2cc(C#N)ccc2N(Cc2ccccc2)C1. The molecule has 1 aromatic heterocycles. The molecule has 36 heavy (non-hydrogen) atoms. The number of carbonyl (C=O) groups excluding carboxylic acids is 1. The summed E-state index contributed by atoms with van der Waals surface area (Å²) in [4.78, 5) is 19.0. The van der Waals surface area contributed by atoms with Gasteiger partial charge in [-0.05, 0) is 55.7 Å². The van der Waals surface area contributed by atoms with Crippen molar-refractivity contribution < 1.29 is 22.7 Å². The number of pyridine rings is 1. The van der Waals surface area contributed by atoms with Gasteiger partial charge < -0.3 is 15.0 Å². The Morgan fingerprint density at radius 2 is 1.92 bits per heavy atom. The topological polar surface area (TPSA) is 78.2 Å². The van der Waals surface area contributed by atoms with E-state index in [-0.39, 0.29) is 11.9 Å². The molecule has 1 aliphatic heterocycles. The Morgan fingerprint density at radius 3 is 2.56 bits per heavy atom. The molecule has 4 rings (SSSR count). The molecule has 6 nitrogen and oxygen atoms in total. The largest absolute Gasteiger partial charge is 0.462 e. The van der Waals surface area contributed by atoms with Gasteiger partial charge in [0.25, 0.3) is 5.91 Å². The van der Waals surface area contributed by atoms with Crippen molar-refractivity contribution in [2.45, 2.75) is 44.6 Å². The van der Waals surface area contributed by atoms with Crippen LogP contribution < -0.4 is 15.0 Å². The van der Waals surface area contributed by atoms with Gasteiger partial charge in [0.15, 0.2) is 5.60 Å². The molecule has 3 aromatic rings. The average molecular weight is 495 g/mol. The highest BCUT2D eigenvalue weighted by Crippen LogP contribution is 2.31. The van der Waals surface area contributed by atoms with Crippen LogP contribution >= 0.6 is 0 Å². The van der Waals surface area contributed by atoms with Gasteiger partial charge in [0, 0.05) is 31.0 Å². The Labute approximate surface area is 207 Å². The molecule has 1 N–H and O–H groups in total. The van der Waals surface area contributed by atoms with Gasteiger partial charge in [0.05, 0.1) is 23.2 Å². The fourth-order valence-corrected chi connectivity index (χ4v) is 4.15. The summed E-state index contributed by atoms with van der Waals surface area (Å²) in [5.41, 5.74) is 1.33. The number of aromatic nitrogens is 1. The lowest BCUT2D eigenvalue weighted by atomic mass is 9.95. The van der Waals surface area contributed by atoms with E-state index in [2.05, 4.69) is 21.3 Å². The van der Waals surface area contributed by atoms with E-state index < -0.39 is 23.2 Å². The molecule has 0 aliphatic carbocycles. The quantitative estimate of drug-likeness (QED) is 0.529. The Balaban J connectivity index is 1.49. The van der Waals surface area contributed by atoms with E-state index in [9.17, 15) is 23.2 Å². The minimum atomic E-state index is -4.51. The first-order chi connectivity index (χ1) is 17.0. The number of fused-ring (bicyclic) bond motifs is 1. The molecule has 186 valence electrons. The second-order valence-electron chi connectivity index (χ2n) is 9.19. The standard InChI is InChI=1S/C27H25F3N4O2/c1-26(2,36-24-11-9-21(15-32-24)27(28,29)30)25(35)33-22-13-20-12-19(14-31)8-10-23(20)34(17-22)16-18-6-4-3-5-7-18/h3-12,15,22H,13,16-17H2,1-2H3,(H,33,35). The van der Waals surface area contributed by atoms with E-state index in [0.29, 0.717) is 31.3 Å². The van der Waals surface area contributed by atoms with Gasteiger partial charge in [-0.2, -0.15) is 18.4 Å². The Kier molecular flexibility index (Phi) is 6.88. The third-order valence-electron chi connectivity index (χ3n) is 5.98. The summed E-state index contributed by atoms with van der Waals surface area (Å²) in [6, 6.07) is 19.3. The van der Waals surface area contributed by atoms with Crippen molar-refractivity contribution in [3.63, 3.8) is 0 Å².